The van der Waals surface area contributed by atoms with Gasteiger partial charge in [-0.2, -0.15) is 0 Å². The van der Waals surface area contributed by atoms with E-state index < -0.39 is 5.97 Å². The number of fused-ring (bicyclic) bond motifs is 3. The quantitative estimate of drug-likeness (QED) is 0.641. The number of aryl methyl sites for hydroxylation is 2. The zero-order chi connectivity index (χ0) is 15.7. The highest BCUT2D eigenvalue weighted by Gasteiger charge is 2.22. The highest BCUT2D eigenvalue weighted by Crippen LogP contribution is 2.35. The molecule has 1 aliphatic carbocycles. The first-order chi connectivity index (χ1) is 10.6. The Kier molecular flexibility index (Phi) is 3.88. The fourth-order valence-electron chi connectivity index (χ4n) is 2.96. The highest BCUT2D eigenvalue weighted by atomic mass is 16.6. The number of esters is 1. The molecule has 2 aromatic rings. The van der Waals surface area contributed by atoms with Gasteiger partial charge >= 0.3 is 11.6 Å². The van der Waals surface area contributed by atoms with E-state index in [0.717, 1.165) is 41.3 Å². The molecule has 0 atom stereocenters. The number of hydrogen-bond acceptors (Lipinski definition) is 5. The van der Waals surface area contributed by atoms with Gasteiger partial charge in [-0.25, -0.2) is 9.59 Å². The van der Waals surface area contributed by atoms with E-state index in [2.05, 4.69) is 0 Å². The Morgan fingerprint density at radius 1 is 1.27 bits per heavy atom. The first kappa shape index (κ1) is 14.6. The fraction of sp³-hybridized carbons (Fsp3) is 0.412. The summed E-state index contributed by atoms with van der Waals surface area (Å²) in [4.78, 5) is 23.5. The molecule has 5 nitrogen and oxygen atoms in total. The van der Waals surface area contributed by atoms with Crippen molar-refractivity contribution in [2.24, 2.45) is 0 Å². The van der Waals surface area contributed by atoms with Crippen LogP contribution < -0.4 is 10.4 Å². The van der Waals surface area contributed by atoms with Crippen LogP contribution in [0, 0.1) is 6.92 Å². The average molecular weight is 302 g/mol. The molecule has 0 saturated heterocycles. The summed E-state index contributed by atoms with van der Waals surface area (Å²) in [5.41, 5.74) is 2.89. The molecule has 0 amide bonds. The third-order valence-corrected chi connectivity index (χ3v) is 3.83. The van der Waals surface area contributed by atoms with Crippen LogP contribution in [0.3, 0.4) is 0 Å². The van der Waals surface area contributed by atoms with Crippen LogP contribution in [0.25, 0.3) is 11.0 Å². The molecule has 0 spiro atoms. The third kappa shape index (κ3) is 2.58. The standard InChI is InChI=1S/C17H18O5/c1-3-20-15(18)9-21-13-7-10(2)8-14-16(13)11-5-4-6-12(11)17(19)22-14/h7-8H,3-6,9H2,1-2H3. The van der Waals surface area contributed by atoms with Crippen molar-refractivity contribution in [3.8, 4) is 5.75 Å². The lowest BCUT2D eigenvalue weighted by Gasteiger charge is -2.12. The molecule has 0 fully saturated rings. The van der Waals surface area contributed by atoms with Crippen molar-refractivity contribution in [2.75, 3.05) is 13.2 Å². The second-order valence-electron chi connectivity index (χ2n) is 5.43. The molecule has 0 radical (unpaired) electrons. The van der Waals surface area contributed by atoms with Gasteiger partial charge in [-0.1, -0.05) is 0 Å². The lowest BCUT2D eigenvalue weighted by atomic mass is 10.0. The number of hydrogen-bond donors (Lipinski definition) is 0. The van der Waals surface area contributed by atoms with Gasteiger partial charge in [-0.3, -0.25) is 0 Å². The Morgan fingerprint density at radius 3 is 2.82 bits per heavy atom. The summed E-state index contributed by atoms with van der Waals surface area (Å²) in [5.74, 6) is 0.163. The number of carbonyl (C=O) groups is 1. The zero-order valence-corrected chi connectivity index (χ0v) is 12.7. The van der Waals surface area contributed by atoms with Gasteiger partial charge in [0.05, 0.1) is 12.0 Å². The molecule has 0 bridgehead atoms. The smallest absolute Gasteiger partial charge is 0.344 e. The number of ether oxygens (including phenoxy) is 2. The SMILES string of the molecule is CCOC(=O)COc1cc(C)cc2oc(=O)c3c(c12)CCC3. The van der Waals surface area contributed by atoms with Crippen LogP contribution in [0.15, 0.2) is 21.3 Å². The predicted octanol–water partition coefficient (Wildman–Crippen LogP) is 2.53. The number of carbonyl (C=O) groups excluding carboxylic acids is 1. The number of rotatable bonds is 4. The van der Waals surface area contributed by atoms with Crippen LogP contribution in [-0.4, -0.2) is 19.2 Å². The summed E-state index contributed by atoms with van der Waals surface area (Å²) in [6, 6.07) is 3.69. The number of benzene rings is 1. The Balaban J connectivity index is 2.07. The van der Waals surface area contributed by atoms with Gasteiger partial charge in [0.1, 0.15) is 11.3 Å². The third-order valence-electron chi connectivity index (χ3n) is 3.83. The monoisotopic (exact) mass is 302 g/mol. The van der Waals surface area contributed by atoms with Crippen LogP contribution in [0.5, 0.6) is 5.75 Å². The molecule has 1 aromatic heterocycles. The summed E-state index contributed by atoms with van der Waals surface area (Å²) in [7, 11) is 0. The van der Waals surface area contributed by atoms with Crippen molar-refractivity contribution < 1.29 is 18.7 Å². The van der Waals surface area contributed by atoms with E-state index in [4.69, 9.17) is 13.9 Å². The van der Waals surface area contributed by atoms with E-state index >= 15 is 0 Å². The van der Waals surface area contributed by atoms with Gasteiger partial charge in [-0.15, -0.1) is 0 Å². The summed E-state index contributed by atoms with van der Waals surface area (Å²) in [6.07, 6.45) is 2.50. The molecule has 5 heteroatoms. The molecular weight excluding hydrogens is 284 g/mol. The average Bonchev–Trinajstić information content (AvgIpc) is 2.94. The Labute approximate surface area is 127 Å². The zero-order valence-electron chi connectivity index (χ0n) is 12.7. The van der Waals surface area contributed by atoms with Crippen LogP contribution in [-0.2, 0) is 22.4 Å². The molecule has 0 aliphatic heterocycles. The van der Waals surface area contributed by atoms with Gasteiger partial charge in [0, 0.05) is 5.56 Å². The van der Waals surface area contributed by atoms with Gasteiger partial charge in [-0.05, 0) is 56.4 Å². The maximum absolute atomic E-state index is 12.0. The molecule has 116 valence electrons. The Morgan fingerprint density at radius 2 is 2.05 bits per heavy atom. The second-order valence-corrected chi connectivity index (χ2v) is 5.43. The molecule has 3 rings (SSSR count). The maximum atomic E-state index is 12.0. The Bertz CT molecular complexity index is 788. The van der Waals surface area contributed by atoms with Gasteiger partial charge in [0.15, 0.2) is 6.61 Å². The van der Waals surface area contributed by atoms with Crippen molar-refractivity contribution in [2.45, 2.75) is 33.1 Å². The summed E-state index contributed by atoms with van der Waals surface area (Å²) < 4.78 is 16.0. The summed E-state index contributed by atoms with van der Waals surface area (Å²) in [6.45, 7) is 3.81. The minimum atomic E-state index is -0.411. The van der Waals surface area contributed by atoms with Gasteiger partial charge < -0.3 is 13.9 Å². The van der Waals surface area contributed by atoms with E-state index in [9.17, 15) is 9.59 Å². The molecule has 0 saturated carbocycles. The molecule has 1 aliphatic rings. The molecule has 0 N–H and O–H groups in total. The van der Waals surface area contributed by atoms with Crippen LogP contribution in [0.1, 0.15) is 30.0 Å². The summed E-state index contributed by atoms with van der Waals surface area (Å²) >= 11 is 0. The Hall–Kier alpha value is -2.30. The van der Waals surface area contributed by atoms with Crippen molar-refractivity contribution in [1.82, 2.24) is 0 Å². The molecular formula is C17H18O5. The second kappa shape index (κ2) is 5.83. The summed E-state index contributed by atoms with van der Waals surface area (Å²) in [5, 5.41) is 0.807. The minimum Gasteiger partial charge on any atom is -0.481 e. The topological polar surface area (TPSA) is 65.7 Å². The van der Waals surface area contributed by atoms with Crippen molar-refractivity contribution in [3.05, 3.63) is 39.2 Å². The van der Waals surface area contributed by atoms with Crippen LogP contribution >= 0.6 is 0 Å². The van der Waals surface area contributed by atoms with E-state index in [-0.39, 0.29) is 12.2 Å². The fourth-order valence-corrected chi connectivity index (χ4v) is 2.96. The minimum absolute atomic E-state index is 0.152. The lowest BCUT2D eigenvalue weighted by Crippen LogP contribution is -2.15. The van der Waals surface area contributed by atoms with Crippen LogP contribution in [0.4, 0.5) is 0 Å². The van der Waals surface area contributed by atoms with E-state index in [1.54, 1.807) is 6.92 Å². The molecule has 0 unspecified atom stereocenters. The maximum Gasteiger partial charge on any atom is 0.344 e. The van der Waals surface area contributed by atoms with Crippen LogP contribution in [0.2, 0.25) is 0 Å². The lowest BCUT2D eigenvalue weighted by molar-refractivity contribution is -0.145. The largest absolute Gasteiger partial charge is 0.481 e. The van der Waals surface area contributed by atoms with Crippen molar-refractivity contribution >= 4 is 16.9 Å². The van der Waals surface area contributed by atoms with E-state index in [0.29, 0.717) is 17.9 Å². The van der Waals surface area contributed by atoms with E-state index in [1.807, 2.05) is 19.1 Å². The normalized spacial score (nSPS) is 13.2. The van der Waals surface area contributed by atoms with Crippen molar-refractivity contribution in [1.29, 1.82) is 0 Å². The first-order valence-corrected chi connectivity index (χ1v) is 7.47. The molecule has 1 heterocycles. The predicted molar refractivity (Wildman–Crippen MR) is 81.4 cm³/mol. The van der Waals surface area contributed by atoms with Crippen molar-refractivity contribution in [3.63, 3.8) is 0 Å². The van der Waals surface area contributed by atoms with Gasteiger partial charge in [0.2, 0.25) is 0 Å². The first-order valence-electron chi connectivity index (χ1n) is 7.47. The molecule has 1 aromatic carbocycles. The molecule has 22 heavy (non-hydrogen) atoms. The highest BCUT2D eigenvalue weighted by molar-refractivity contribution is 5.89. The van der Waals surface area contributed by atoms with E-state index in [1.165, 1.54) is 0 Å². The van der Waals surface area contributed by atoms with Gasteiger partial charge in [0.25, 0.3) is 0 Å².